The fourth-order valence-corrected chi connectivity index (χ4v) is 1.68. The van der Waals surface area contributed by atoms with Gasteiger partial charge in [0.2, 0.25) is 0 Å². The summed E-state index contributed by atoms with van der Waals surface area (Å²) in [5.41, 5.74) is 3.46. The van der Waals surface area contributed by atoms with E-state index in [1.54, 1.807) is 36.4 Å². The van der Waals surface area contributed by atoms with Crippen LogP contribution < -0.4 is 5.43 Å². The van der Waals surface area contributed by atoms with E-state index in [1.165, 1.54) is 18.3 Å². The molecule has 0 saturated heterocycles. The van der Waals surface area contributed by atoms with Crippen molar-refractivity contribution in [2.45, 2.75) is 0 Å². The molecular weight excluding hydrogens is 311 g/mol. The van der Waals surface area contributed by atoms with Crippen LogP contribution in [0, 0.1) is 5.82 Å². The van der Waals surface area contributed by atoms with Gasteiger partial charge in [0.15, 0.2) is 0 Å². The Hall–Kier alpha value is -2.01. The fourth-order valence-electron chi connectivity index (χ4n) is 1.42. The lowest BCUT2D eigenvalue weighted by Crippen LogP contribution is -2.17. The second-order valence-corrected chi connectivity index (χ2v) is 4.68. The molecule has 3 nitrogen and oxygen atoms in total. The van der Waals surface area contributed by atoms with Gasteiger partial charge in [0.25, 0.3) is 5.91 Å². The molecule has 0 heterocycles. The van der Waals surface area contributed by atoms with Crippen LogP contribution in [0.1, 0.15) is 15.9 Å². The van der Waals surface area contributed by atoms with Crippen molar-refractivity contribution in [2.24, 2.45) is 5.10 Å². The molecule has 0 radical (unpaired) electrons. The van der Waals surface area contributed by atoms with Crippen molar-refractivity contribution in [1.29, 1.82) is 0 Å². The first kappa shape index (κ1) is 13.4. The number of amides is 1. The van der Waals surface area contributed by atoms with Crippen molar-refractivity contribution in [1.82, 2.24) is 5.43 Å². The van der Waals surface area contributed by atoms with Gasteiger partial charge in [-0.3, -0.25) is 4.79 Å². The molecule has 0 aliphatic carbocycles. The quantitative estimate of drug-likeness (QED) is 0.684. The van der Waals surface area contributed by atoms with Crippen molar-refractivity contribution >= 4 is 28.1 Å². The molecule has 2 rings (SSSR count). The molecule has 0 saturated carbocycles. The Balaban J connectivity index is 1.98. The van der Waals surface area contributed by atoms with Gasteiger partial charge in [0.05, 0.1) is 6.21 Å². The Labute approximate surface area is 118 Å². The van der Waals surface area contributed by atoms with E-state index in [9.17, 15) is 9.18 Å². The Morgan fingerprint density at radius 1 is 1.21 bits per heavy atom. The largest absolute Gasteiger partial charge is 0.271 e. The van der Waals surface area contributed by atoms with E-state index in [2.05, 4.69) is 26.5 Å². The van der Waals surface area contributed by atoms with E-state index >= 15 is 0 Å². The van der Waals surface area contributed by atoms with Crippen LogP contribution in [0.5, 0.6) is 0 Å². The number of rotatable bonds is 3. The van der Waals surface area contributed by atoms with Gasteiger partial charge in [-0.1, -0.05) is 28.1 Å². The van der Waals surface area contributed by atoms with Crippen LogP contribution in [0.25, 0.3) is 0 Å². The smallest absolute Gasteiger partial charge is 0.267 e. The molecule has 1 N–H and O–H groups in total. The number of halogens is 2. The number of nitrogens with one attached hydrogen (secondary N) is 1. The molecule has 0 bridgehead atoms. The maximum absolute atomic E-state index is 12.9. The Morgan fingerprint density at radius 2 is 1.95 bits per heavy atom. The third kappa shape index (κ3) is 3.99. The van der Waals surface area contributed by atoms with E-state index in [0.717, 1.165) is 4.47 Å². The number of benzene rings is 2. The van der Waals surface area contributed by atoms with E-state index in [-0.39, 0.29) is 11.7 Å². The minimum absolute atomic E-state index is 0.319. The van der Waals surface area contributed by atoms with Gasteiger partial charge in [0.1, 0.15) is 5.82 Å². The molecule has 96 valence electrons. The minimum Gasteiger partial charge on any atom is -0.267 e. The van der Waals surface area contributed by atoms with Crippen LogP contribution in [-0.4, -0.2) is 12.1 Å². The lowest BCUT2D eigenvalue weighted by Gasteiger charge is -1.99. The van der Waals surface area contributed by atoms with E-state index in [4.69, 9.17) is 0 Å². The predicted molar refractivity (Wildman–Crippen MR) is 75.6 cm³/mol. The number of hydrazone groups is 1. The molecule has 2 aromatic carbocycles. The minimum atomic E-state index is -0.344. The first-order valence-corrected chi connectivity index (χ1v) is 6.29. The second kappa shape index (κ2) is 6.24. The lowest BCUT2D eigenvalue weighted by atomic mass is 10.2. The first-order valence-electron chi connectivity index (χ1n) is 5.50. The van der Waals surface area contributed by atoms with Gasteiger partial charge in [-0.25, -0.2) is 9.82 Å². The molecule has 1 amide bonds. The van der Waals surface area contributed by atoms with Crippen LogP contribution in [0.15, 0.2) is 58.1 Å². The Morgan fingerprint density at radius 3 is 2.63 bits per heavy atom. The third-order valence-electron chi connectivity index (χ3n) is 2.33. The molecular formula is C14H10BrFN2O. The monoisotopic (exact) mass is 320 g/mol. The zero-order valence-corrected chi connectivity index (χ0v) is 11.4. The van der Waals surface area contributed by atoms with E-state index in [1.807, 2.05) is 0 Å². The standard InChI is InChI=1S/C14H10BrFN2O/c15-12-6-4-11(5-7-12)14(19)18-17-9-10-2-1-3-13(16)8-10/h1-9H,(H,18,19)/b17-9-. The summed E-state index contributed by atoms with van der Waals surface area (Å²) in [5.74, 6) is -0.664. The number of nitrogens with zero attached hydrogens (tertiary/aromatic N) is 1. The van der Waals surface area contributed by atoms with Crippen molar-refractivity contribution in [3.05, 3.63) is 69.9 Å². The van der Waals surface area contributed by atoms with Gasteiger partial charge >= 0.3 is 0 Å². The third-order valence-corrected chi connectivity index (χ3v) is 2.86. The maximum atomic E-state index is 12.9. The summed E-state index contributed by atoms with van der Waals surface area (Å²) in [6.07, 6.45) is 1.39. The van der Waals surface area contributed by atoms with Gasteiger partial charge in [-0.05, 0) is 42.0 Å². The first-order chi connectivity index (χ1) is 9.15. The number of carbonyl (C=O) groups excluding carboxylic acids is 1. The number of hydrogen-bond donors (Lipinski definition) is 1. The zero-order valence-electron chi connectivity index (χ0n) is 9.81. The highest BCUT2D eigenvalue weighted by Gasteiger charge is 2.02. The molecule has 0 atom stereocenters. The van der Waals surface area contributed by atoms with Crippen molar-refractivity contribution in [2.75, 3.05) is 0 Å². The average molecular weight is 321 g/mol. The summed E-state index contributed by atoms with van der Waals surface area (Å²) in [7, 11) is 0. The van der Waals surface area contributed by atoms with Gasteiger partial charge in [0, 0.05) is 10.0 Å². The molecule has 0 unspecified atom stereocenters. The fraction of sp³-hybridized carbons (Fsp3) is 0. The van der Waals surface area contributed by atoms with Gasteiger partial charge in [-0.15, -0.1) is 0 Å². The zero-order chi connectivity index (χ0) is 13.7. The molecule has 0 aromatic heterocycles. The van der Waals surface area contributed by atoms with Crippen LogP contribution >= 0.6 is 15.9 Å². The SMILES string of the molecule is O=C(N/N=C\c1cccc(F)c1)c1ccc(Br)cc1. The van der Waals surface area contributed by atoms with Crippen LogP contribution in [0.3, 0.4) is 0 Å². The second-order valence-electron chi connectivity index (χ2n) is 3.76. The van der Waals surface area contributed by atoms with Gasteiger partial charge < -0.3 is 0 Å². The van der Waals surface area contributed by atoms with E-state index < -0.39 is 0 Å². The molecule has 2 aromatic rings. The van der Waals surface area contributed by atoms with Crippen LogP contribution in [-0.2, 0) is 0 Å². The van der Waals surface area contributed by atoms with Crippen molar-refractivity contribution in [3.63, 3.8) is 0 Å². The lowest BCUT2D eigenvalue weighted by molar-refractivity contribution is 0.0955. The average Bonchev–Trinajstić information content (AvgIpc) is 2.39. The summed E-state index contributed by atoms with van der Waals surface area (Å²) in [4.78, 5) is 11.7. The van der Waals surface area contributed by atoms with Crippen molar-refractivity contribution in [3.8, 4) is 0 Å². The highest BCUT2D eigenvalue weighted by atomic mass is 79.9. The summed E-state index contributed by atoms with van der Waals surface area (Å²) >= 11 is 3.29. The summed E-state index contributed by atoms with van der Waals surface area (Å²) in [6.45, 7) is 0. The number of hydrogen-bond acceptors (Lipinski definition) is 2. The molecule has 0 aliphatic rings. The summed E-state index contributed by atoms with van der Waals surface area (Å²) in [5, 5.41) is 3.78. The topological polar surface area (TPSA) is 41.5 Å². The van der Waals surface area contributed by atoms with Gasteiger partial charge in [-0.2, -0.15) is 5.10 Å². The molecule has 0 fully saturated rings. The highest BCUT2D eigenvalue weighted by Crippen LogP contribution is 2.10. The Kier molecular flexibility index (Phi) is 4.41. The molecule has 5 heteroatoms. The van der Waals surface area contributed by atoms with E-state index in [0.29, 0.717) is 11.1 Å². The number of carbonyl (C=O) groups is 1. The summed E-state index contributed by atoms with van der Waals surface area (Å²) < 4.78 is 13.8. The Bertz CT molecular complexity index is 611. The van der Waals surface area contributed by atoms with Crippen LogP contribution in [0.2, 0.25) is 0 Å². The van der Waals surface area contributed by atoms with Crippen LogP contribution in [0.4, 0.5) is 4.39 Å². The maximum Gasteiger partial charge on any atom is 0.271 e. The normalized spacial score (nSPS) is 10.6. The summed E-state index contributed by atoms with van der Waals surface area (Å²) in [6, 6.07) is 12.8. The molecule has 0 spiro atoms. The molecule has 19 heavy (non-hydrogen) atoms. The van der Waals surface area contributed by atoms with Crippen molar-refractivity contribution < 1.29 is 9.18 Å². The highest BCUT2D eigenvalue weighted by molar-refractivity contribution is 9.10. The molecule has 0 aliphatic heterocycles. The predicted octanol–water partition coefficient (Wildman–Crippen LogP) is 3.35.